The Balaban J connectivity index is 2.50. The average molecular weight is 291 g/mol. The molecule has 0 unspecified atom stereocenters. The zero-order chi connectivity index (χ0) is 15.7. The highest BCUT2D eigenvalue weighted by Gasteiger charge is 2.03. The van der Waals surface area contributed by atoms with Gasteiger partial charge in [0.05, 0.1) is 12.7 Å². The number of carbonyl (C=O) groups is 2. The van der Waals surface area contributed by atoms with Gasteiger partial charge < -0.3 is 14.8 Å². The van der Waals surface area contributed by atoms with Crippen molar-refractivity contribution in [2.24, 2.45) is 0 Å². The summed E-state index contributed by atoms with van der Waals surface area (Å²) in [6.45, 7) is 5.89. The Morgan fingerprint density at radius 1 is 1.24 bits per heavy atom. The smallest absolute Gasteiger partial charge is 0.330 e. The molecule has 0 fully saturated rings. The molecule has 1 rings (SSSR count). The van der Waals surface area contributed by atoms with Crippen LogP contribution in [0.2, 0.25) is 0 Å². The summed E-state index contributed by atoms with van der Waals surface area (Å²) in [5.41, 5.74) is 1.53. The van der Waals surface area contributed by atoms with Crippen LogP contribution in [0.4, 0.5) is 5.69 Å². The lowest BCUT2D eigenvalue weighted by Crippen LogP contribution is -2.20. The predicted octanol–water partition coefficient (Wildman–Crippen LogP) is 2.63. The third-order valence-corrected chi connectivity index (χ3v) is 2.44. The maximum atomic E-state index is 11.6. The molecule has 0 saturated heterocycles. The molecule has 1 aromatic carbocycles. The molecule has 0 aliphatic carbocycles. The lowest BCUT2D eigenvalue weighted by atomic mass is 10.2. The Bertz CT molecular complexity index is 492. The molecule has 0 bridgehead atoms. The van der Waals surface area contributed by atoms with Crippen LogP contribution in [0.5, 0.6) is 0 Å². The first-order valence-corrected chi connectivity index (χ1v) is 6.87. The zero-order valence-corrected chi connectivity index (χ0v) is 12.6. The number of ether oxygens (including phenoxy) is 2. The molecule has 5 heteroatoms. The van der Waals surface area contributed by atoms with E-state index >= 15 is 0 Å². The number of anilines is 1. The van der Waals surface area contributed by atoms with Gasteiger partial charge in [-0.15, -0.1) is 0 Å². The SMILES string of the molecule is CCOC(=O)/C=C/c1ccc(NC(=O)COC(C)C)cc1. The van der Waals surface area contributed by atoms with Gasteiger partial charge in [0.2, 0.25) is 5.91 Å². The van der Waals surface area contributed by atoms with Crippen LogP contribution in [0.3, 0.4) is 0 Å². The number of nitrogens with one attached hydrogen (secondary N) is 1. The molecule has 1 amide bonds. The number of amides is 1. The Morgan fingerprint density at radius 2 is 1.90 bits per heavy atom. The molecule has 0 spiro atoms. The van der Waals surface area contributed by atoms with E-state index < -0.39 is 0 Å². The fourth-order valence-electron chi connectivity index (χ4n) is 1.47. The standard InChI is InChI=1S/C16H21NO4/c1-4-20-16(19)10-7-13-5-8-14(9-6-13)17-15(18)11-21-12(2)3/h5-10,12H,4,11H2,1-3H3,(H,17,18)/b10-7+. The lowest BCUT2D eigenvalue weighted by Gasteiger charge is -2.08. The molecule has 0 atom stereocenters. The maximum absolute atomic E-state index is 11.6. The van der Waals surface area contributed by atoms with Gasteiger partial charge in [-0.1, -0.05) is 12.1 Å². The minimum atomic E-state index is -0.374. The van der Waals surface area contributed by atoms with Gasteiger partial charge in [0.15, 0.2) is 0 Å². The monoisotopic (exact) mass is 291 g/mol. The number of esters is 1. The average Bonchev–Trinajstić information content (AvgIpc) is 2.45. The van der Waals surface area contributed by atoms with Gasteiger partial charge in [-0.3, -0.25) is 4.79 Å². The van der Waals surface area contributed by atoms with E-state index in [1.54, 1.807) is 37.3 Å². The van der Waals surface area contributed by atoms with Crippen LogP contribution in [0.15, 0.2) is 30.3 Å². The molecule has 114 valence electrons. The fourth-order valence-corrected chi connectivity index (χ4v) is 1.47. The Morgan fingerprint density at radius 3 is 2.48 bits per heavy atom. The van der Waals surface area contributed by atoms with E-state index in [1.807, 2.05) is 13.8 Å². The zero-order valence-electron chi connectivity index (χ0n) is 12.6. The number of hydrogen-bond donors (Lipinski definition) is 1. The van der Waals surface area contributed by atoms with Gasteiger partial charge in [-0.25, -0.2) is 4.79 Å². The molecule has 0 aliphatic rings. The Kier molecular flexibility index (Phi) is 7.18. The van der Waals surface area contributed by atoms with Gasteiger partial charge in [0.1, 0.15) is 6.61 Å². The van der Waals surface area contributed by atoms with Gasteiger partial charge in [-0.05, 0) is 44.5 Å². The van der Waals surface area contributed by atoms with Crippen molar-refractivity contribution in [1.29, 1.82) is 0 Å². The highest BCUT2D eigenvalue weighted by atomic mass is 16.5. The minimum absolute atomic E-state index is 0.0196. The van der Waals surface area contributed by atoms with Crippen molar-refractivity contribution >= 4 is 23.6 Å². The van der Waals surface area contributed by atoms with Gasteiger partial charge >= 0.3 is 5.97 Å². The van der Waals surface area contributed by atoms with Crippen LogP contribution in [0.25, 0.3) is 6.08 Å². The maximum Gasteiger partial charge on any atom is 0.330 e. The molecule has 1 aromatic rings. The topological polar surface area (TPSA) is 64.6 Å². The van der Waals surface area contributed by atoms with Crippen molar-refractivity contribution in [2.45, 2.75) is 26.9 Å². The van der Waals surface area contributed by atoms with E-state index in [0.29, 0.717) is 12.3 Å². The summed E-state index contributed by atoms with van der Waals surface area (Å²) in [5, 5.41) is 2.73. The van der Waals surface area contributed by atoms with Crippen LogP contribution in [0.1, 0.15) is 26.3 Å². The van der Waals surface area contributed by atoms with Crippen LogP contribution >= 0.6 is 0 Å². The Hall–Kier alpha value is -2.14. The second kappa shape index (κ2) is 8.92. The molecular formula is C16H21NO4. The Labute approximate surface area is 124 Å². The van der Waals surface area contributed by atoms with E-state index in [1.165, 1.54) is 6.08 Å². The van der Waals surface area contributed by atoms with Gasteiger partial charge in [0, 0.05) is 11.8 Å². The summed E-state index contributed by atoms with van der Waals surface area (Å²) in [6.07, 6.45) is 3.05. The first-order chi connectivity index (χ1) is 10.0. The summed E-state index contributed by atoms with van der Waals surface area (Å²) < 4.78 is 10.0. The van der Waals surface area contributed by atoms with E-state index in [2.05, 4.69) is 5.32 Å². The largest absolute Gasteiger partial charge is 0.463 e. The van der Waals surface area contributed by atoms with Crippen molar-refractivity contribution < 1.29 is 19.1 Å². The van der Waals surface area contributed by atoms with Crippen LogP contribution < -0.4 is 5.32 Å². The quantitative estimate of drug-likeness (QED) is 0.619. The fraction of sp³-hybridized carbons (Fsp3) is 0.375. The minimum Gasteiger partial charge on any atom is -0.463 e. The molecular weight excluding hydrogens is 270 g/mol. The number of hydrogen-bond acceptors (Lipinski definition) is 4. The van der Waals surface area contributed by atoms with Crippen molar-refractivity contribution in [3.63, 3.8) is 0 Å². The summed E-state index contributed by atoms with van der Waals surface area (Å²) in [4.78, 5) is 22.8. The van der Waals surface area contributed by atoms with Crippen molar-refractivity contribution in [1.82, 2.24) is 0 Å². The first kappa shape index (κ1) is 16.9. The van der Waals surface area contributed by atoms with Crippen molar-refractivity contribution in [2.75, 3.05) is 18.5 Å². The molecule has 0 aromatic heterocycles. The van der Waals surface area contributed by atoms with E-state index in [0.717, 1.165) is 5.56 Å². The van der Waals surface area contributed by atoms with Crippen molar-refractivity contribution in [3.8, 4) is 0 Å². The second-order valence-corrected chi connectivity index (χ2v) is 4.62. The third kappa shape index (κ3) is 7.27. The van der Waals surface area contributed by atoms with Gasteiger partial charge in [-0.2, -0.15) is 0 Å². The highest BCUT2D eigenvalue weighted by molar-refractivity contribution is 5.92. The summed E-state index contributed by atoms with van der Waals surface area (Å²) >= 11 is 0. The molecule has 1 N–H and O–H groups in total. The van der Waals surface area contributed by atoms with Gasteiger partial charge in [0.25, 0.3) is 0 Å². The van der Waals surface area contributed by atoms with Crippen LogP contribution in [-0.2, 0) is 19.1 Å². The van der Waals surface area contributed by atoms with E-state index in [9.17, 15) is 9.59 Å². The number of carbonyl (C=O) groups excluding carboxylic acids is 2. The third-order valence-electron chi connectivity index (χ3n) is 2.44. The molecule has 21 heavy (non-hydrogen) atoms. The number of benzene rings is 1. The van der Waals surface area contributed by atoms with Crippen molar-refractivity contribution in [3.05, 3.63) is 35.9 Å². The van der Waals surface area contributed by atoms with Crippen LogP contribution in [-0.4, -0.2) is 31.2 Å². The summed E-state index contributed by atoms with van der Waals surface area (Å²) in [6, 6.07) is 7.12. The second-order valence-electron chi connectivity index (χ2n) is 4.62. The molecule has 0 heterocycles. The summed E-state index contributed by atoms with van der Waals surface area (Å²) in [5.74, 6) is -0.570. The van der Waals surface area contributed by atoms with E-state index in [4.69, 9.17) is 9.47 Å². The van der Waals surface area contributed by atoms with Crippen LogP contribution in [0, 0.1) is 0 Å². The molecule has 0 saturated carbocycles. The molecule has 5 nitrogen and oxygen atoms in total. The molecule has 0 radical (unpaired) electrons. The normalized spacial score (nSPS) is 10.9. The summed E-state index contributed by atoms with van der Waals surface area (Å²) in [7, 11) is 0. The first-order valence-electron chi connectivity index (χ1n) is 6.87. The number of rotatable bonds is 7. The lowest BCUT2D eigenvalue weighted by molar-refractivity contribution is -0.137. The predicted molar refractivity (Wildman–Crippen MR) is 81.8 cm³/mol. The van der Waals surface area contributed by atoms with E-state index in [-0.39, 0.29) is 24.6 Å². The highest BCUT2D eigenvalue weighted by Crippen LogP contribution is 2.11. The molecule has 0 aliphatic heterocycles.